The maximum atomic E-state index is 12.4. The van der Waals surface area contributed by atoms with Crippen LogP contribution in [0.25, 0.3) is 0 Å². The van der Waals surface area contributed by atoms with E-state index in [1.807, 2.05) is 6.92 Å². The summed E-state index contributed by atoms with van der Waals surface area (Å²) < 4.78 is 33.1. The standard InChI is InChI=1S/C14H23N3O3S/c1-2-15-10-11-5-6-14(20-11)21(18,19)16-12-7-9-17-8-3-4-13(12)17/h5-6,12-13,15-16H,2-4,7-10H2,1H3. The van der Waals surface area contributed by atoms with Gasteiger partial charge in [-0.15, -0.1) is 0 Å². The van der Waals surface area contributed by atoms with Crippen LogP contribution >= 0.6 is 0 Å². The van der Waals surface area contributed by atoms with Gasteiger partial charge in [0.05, 0.1) is 6.54 Å². The smallest absolute Gasteiger partial charge is 0.274 e. The Morgan fingerprint density at radius 2 is 2.19 bits per heavy atom. The van der Waals surface area contributed by atoms with Crippen molar-refractivity contribution in [2.75, 3.05) is 19.6 Å². The summed E-state index contributed by atoms with van der Waals surface area (Å²) >= 11 is 0. The summed E-state index contributed by atoms with van der Waals surface area (Å²) in [7, 11) is -3.56. The molecular weight excluding hydrogens is 290 g/mol. The first-order valence-electron chi connectivity index (χ1n) is 7.66. The van der Waals surface area contributed by atoms with E-state index in [0.29, 0.717) is 18.3 Å². The zero-order valence-corrected chi connectivity index (χ0v) is 13.2. The fourth-order valence-electron chi connectivity index (χ4n) is 3.32. The van der Waals surface area contributed by atoms with E-state index in [2.05, 4.69) is 14.9 Å². The van der Waals surface area contributed by atoms with E-state index >= 15 is 0 Å². The lowest BCUT2D eigenvalue weighted by Gasteiger charge is -2.20. The van der Waals surface area contributed by atoms with Gasteiger partial charge in [-0.1, -0.05) is 6.92 Å². The third kappa shape index (κ3) is 3.15. The average molecular weight is 313 g/mol. The predicted molar refractivity (Wildman–Crippen MR) is 79.4 cm³/mol. The molecule has 2 aliphatic heterocycles. The molecule has 0 radical (unpaired) electrons. The van der Waals surface area contributed by atoms with Crippen LogP contribution in [0, 0.1) is 0 Å². The van der Waals surface area contributed by atoms with Gasteiger partial charge in [-0.25, -0.2) is 13.1 Å². The molecule has 1 aromatic rings. The molecular formula is C14H23N3O3S. The second kappa shape index (κ2) is 6.08. The van der Waals surface area contributed by atoms with Gasteiger partial charge >= 0.3 is 0 Å². The molecule has 2 atom stereocenters. The lowest BCUT2D eigenvalue weighted by atomic mass is 10.1. The number of nitrogens with zero attached hydrogens (tertiary/aromatic N) is 1. The van der Waals surface area contributed by atoms with Gasteiger partial charge in [0, 0.05) is 18.6 Å². The van der Waals surface area contributed by atoms with Crippen molar-refractivity contribution in [2.45, 2.75) is 49.9 Å². The first-order valence-corrected chi connectivity index (χ1v) is 9.14. The summed E-state index contributed by atoms with van der Waals surface area (Å²) in [5.41, 5.74) is 0. The van der Waals surface area contributed by atoms with Crippen molar-refractivity contribution in [1.29, 1.82) is 0 Å². The molecule has 1 aromatic heterocycles. The van der Waals surface area contributed by atoms with Crippen LogP contribution in [0.4, 0.5) is 0 Å². The topological polar surface area (TPSA) is 74.6 Å². The van der Waals surface area contributed by atoms with E-state index in [1.54, 1.807) is 6.07 Å². The van der Waals surface area contributed by atoms with Crippen molar-refractivity contribution in [3.63, 3.8) is 0 Å². The van der Waals surface area contributed by atoms with Crippen molar-refractivity contribution in [2.24, 2.45) is 0 Å². The molecule has 6 nitrogen and oxygen atoms in total. The van der Waals surface area contributed by atoms with Crippen molar-refractivity contribution in [3.8, 4) is 0 Å². The summed E-state index contributed by atoms with van der Waals surface area (Å²) in [5.74, 6) is 0.645. The number of furan rings is 1. The minimum absolute atomic E-state index is 0.0137. The number of sulfonamides is 1. The molecule has 0 saturated carbocycles. The van der Waals surface area contributed by atoms with E-state index in [1.165, 1.54) is 6.07 Å². The SMILES string of the molecule is CCNCc1ccc(S(=O)(=O)NC2CCN3CCCC23)o1. The van der Waals surface area contributed by atoms with Crippen LogP contribution in [0.2, 0.25) is 0 Å². The summed E-state index contributed by atoms with van der Waals surface area (Å²) in [6.07, 6.45) is 3.13. The second-order valence-electron chi connectivity index (χ2n) is 5.76. The van der Waals surface area contributed by atoms with Crippen LogP contribution in [-0.4, -0.2) is 45.0 Å². The number of hydrogen-bond acceptors (Lipinski definition) is 5. The van der Waals surface area contributed by atoms with E-state index in [9.17, 15) is 8.42 Å². The molecule has 0 aromatic carbocycles. The van der Waals surface area contributed by atoms with Crippen molar-refractivity contribution >= 4 is 10.0 Å². The van der Waals surface area contributed by atoms with Crippen molar-refractivity contribution in [3.05, 3.63) is 17.9 Å². The number of rotatable bonds is 6. The van der Waals surface area contributed by atoms with Crippen LogP contribution < -0.4 is 10.0 Å². The molecule has 0 bridgehead atoms. The van der Waals surface area contributed by atoms with Gasteiger partial charge in [0.15, 0.2) is 0 Å². The Morgan fingerprint density at radius 1 is 1.33 bits per heavy atom. The van der Waals surface area contributed by atoms with Gasteiger partial charge in [-0.05, 0) is 44.5 Å². The molecule has 118 valence electrons. The molecule has 0 spiro atoms. The third-order valence-electron chi connectivity index (χ3n) is 4.36. The first-order chi connectivity index (χ1) is 10.1. The number of nitrogens with one attached hydrogen (secondary N) is 2. The third-order valence-corrected chi connectivity index (χ3v) is 5.73. The highest BCUT2D eigenvalue weighted by atomic mass is 32.2. The van der Waals surface area contributed by atoms with E-state index in [-0.39, 0.29) is 11.1 Å². The monoisotopic (exact) mass is 313 g/mol. The Kier molecular flexibility index (Phi) is 4.35. The zero-order chi connectivity index (χ0) is 14.9. The lowest BCUT2D eigenvalue weighted by Crippen LogP contribution is -2.42. The van der Waals surface area contributed by atoms with Gasteiger partial charge in [-0.3, -0.25) is 4.90 Å². The van der Waals surface area contributed by atoms with Crippen molar-refractivity contribution in [1.82, 2.24) is 14.9 Å². The molecule has 0 aliphatic carbocycles. The summed E-state index contributed by atoms with van der Waals surface area (Å²) in [6.45, 7) is 5.44. The Morgan fingerprint density at radius 3 is 3.00 bits per heavy atom. The van der Waals surface area contributed by atoms with Crippen LogP contribution in [0.15, 0.2) is 21.6 Å². The average Bonchev–Trinajstić information content (AvgIpc) is 3.14. The first kappa shape index (κ1) is 15.0. The molecule has 2 unspecified atom stereocenters. The van der Waals surface area contributed by atoms with Gasteiger partial charge in [-0.2, -0.15) is 0 Å². The maximum Gasteiger partial charge on any atom is 0.274 e. The quantitative estimate of drug-likeness (QED) is 0.816. The van der Waals surface area contributed by atoms with Crippen LogP contribution in [0.3, 0.4) is 0 Å². The minimum atomic E-state index is -3.56. The molecule has 3 rings (SSSR count). The molecule has 21 heavy (non-hydrogen) atoms. The van der Waals surface area contributed by atoms with E-state index < -0.39 is 10.0 Å². The summed E-state index contributed by atoms with van der Waals surface area (Å²) in [6, 6.07) is 3.63. The van der Waals surface area contributed by atoms with Gasteiger partial charge in [0.25, 0.3) is 10.0 Å². The fourth-order valence-corrected chi connectivity index (χ4v) is 4.58. The maximum absolute atomic E-state index is 12.4. The van der Waals surface area contributed by atoms with Crippen LogP contribution in [0.1, 0.15) is 31.9 Å². The number of fused-ring (bicyclic) bond motifs is 1. The largest absolute Gasteiger partial charge is 0.447 e. The Bertz CT molecular complexity index is 584. The van der Waals surface area contributed by atoms with Crippen LogP contribution in [0.5, 0.6) is 0 Å². The Balaban J connectivity index is 1.67. The normalized spacial score (nSPS) is 26.3. The van der Waals surface area contributed by atoms with Gasteiger partial charge in [0.2, 0.25) is 5.09 Å². The van der Waals surface area contributed by atoms with Crippen molar-refractivity contribution < 1.29 is 12.8 Å². The summed E-state index contributed by atoms with van der Waals surface area (Å²) in [4.78, 5) is 2.38. The molecule has 2 aliphatic rings. The van der Waals surface area contributed by atoms with E-state index in [0.717, 1.165) is 38.9 Å². The Labute approximate surface area is 125 Å². The molecule has 2 fully saturated rings. The highest BCUT2D eigenvalue weighted by Crippen LogP contribution is 2.29. The summed E-state index contributed by atoms with van der Waals surface area (Å²) in [5, 5.41) is 3.14. The minimum Gasteiger partial charge on any atom is -0.447 e. The molecule has 2 N–H and O–H groups in total. The second-order valence-corrected chi connectivity index (χ2v) is 7.41. The number of hydrogen-bond donors (Lipinski definition) is 2. The van der Waals surface area contributed by atoms with Crippen LogP contribution in [-0.2, 0) is 16.6 Å². The van der Waals surface area contributed by atoms with Gasteiger partial charge < -0.3 is 9.73 Å². The zero-order valence-electron chi connectivity index (χ0n) is 12.3. The molecule has 0 amide bonds. The lowest BCUT2D eigenvalue weighted by molar-refractivity contribution is 0.308. The molecule has 2 saturated heterocycles. The highest BCUT2D eigenvalue weighted by Gasteiger charge is 2.39. The fraction of sp³-hybridized carbons (Fsp3) is 0.714. The molecule has 3 heterocycles. The van der Waals surface area contributed by atoms with Gasteiger partial charge in [0.1, 0.15) is 5.76 Å². The molecule has 7 heteroatoms. The Hall–Kier alpha value is -0.890. The highest BCUT2D eigenvalue weighted by molar-refractivity contribution is 7.89. The van der Waals surface area contributed by atoms with E-state index in [4.69, 9.17) is 4.42 Å². The predicted octanol–water partition coefficient (Wildman–Crippen LogP) is 0.904.